The van der Waals surface area contributed by atoms with Crippen LogP contribution < -0.4 is 0 Å². The molecular formula is C10H19NOS. The average molecular weight is 201 g/mol. The first-order valence-electron chi connectivity index (χ1n) is 4.96. The monoisotopic (exact) mass is 201 g/mol. The molecule has 13 heavy (non-hydrogen) atoms. The predicted molar refractivity (Wildman–Crippen MR) is 58.3 cm³/mol. The minimum atomic E-state index is -1.06. The highest BCUT2D eigenvalue weighted by Gasteiger charge is 2.19. The Balaban J connectivity index is 2.43. The molecular weight excluding hydrogens is 182 g/mol. The molecule has 1 aliphatic rings. The first-order chi connectivity index (χ1) is 6.00. The van der Waals surface area contributed by atoms with Crippen molar-refractivity contribution in [3.63, 3.8) is 0 Å². The minimum absolute atomic E-state index is 0.213. The lowest BCUT2D eigenvalue weighted by molar-refractivity contribution is 0.650. The van der Waals surface area contributed by atoms with Crippen LogP contribution in [-0.2, 0) is 11.0 Å². The van der Waals surface area contributed by atoms with E-state index in [4.69, 9.17) is 0 Å². The van der Waals surface area contributed by atoms with Crippen LogP contribution in [0.3, 0.4) is 0 Å². The third-order valence-corrected chi connectivity index (χ3v) is 3.65. The highest BCUT2D eigenvalue weighted by atomic mass is 32.2. The topological polar surface area (TPSA) is 29.4 Å². The molecule has 1 fully saturated rings. The van der Waals surface area contributed by atoms with E-state index in [1.54, 1.807) is 0 Å². The van der Waals surface area contributed by atoms with E-state index in [1.807, 2.05) is 27.0 Å². The first kappa shape index (κ1) is 10.9. The van der Waals surface area contributed by atoms with Gasteiger partial charge in [0.15, 0.2) is 0 Å². The van der Waals surface area contributed by atoms with Crippen molar-refractivity contribution < 1.29 is 4.21 Å². The van der Waals surface area contributed by atoms with Crippen LogP contribution in [0.15, 0.2) is 4.40 Å². The van der Waals surface area contributed by atoms with Crippen LogP contribution in [0.2, 0.25) is 0 Å². The summed E-state index contributed by atoms with van der Waals surface area (Å²) in [7, 11) is -1.06. The van der Waals surface area contributed by atoms with Gasteiger partial charge in [0.2, 0.25) is 0 Å². The molecule has 2 nitrogen and oxygen atoms in total. The zero-order valence-corrected chi connectivity index (χ0v) is 9.56. The molecule has 0 amide bonds. The molecule has 0 aliphatic heterocycles. The summed E-state index contributed by atoms with van der Waals surface area (Å²) in [5.74, 6) is 0.589. The molecule has 1 atom stereocenters. The molecule has 3 heteroatoms. The summed E-state index contributed by atoms with van der Waals surface area (Å²) in [6, 6.07) is 0. The molecule has 0 heterocycles. The lowest BCUT2D eigenvalue weighted by atomic mass is 10.1. The van der Waals surface area contributed by atoms with Gasteiger partial charge in [-0.2, -0.15) is 4.40 Å². The maximum absolute atomic E-state index is 11.5. The molecule has 1 unspecified atom stereocenters. The Morgan fingerprint density at radius 2 is 1.85 bits per heavy atom. The van der Waals surface area contributed by atoms with Gasteiger partial charge in [-0.1, -0.05) is 12.8 Å². The van der Waals surface area contributed by atoms with Gasteiger partial charge in [-0.05, 0) is 39.5 Å². The molecule has 0 spiro atoms. The van der Waals surface area contributed by atoms with E-state index in [0.29, 0.717) is 5.92 Å². The van der Waals surface area contributed by atoms with Gasteiger partial charge in [0.1, 0.15) is 11.0 Å². The number of hydrogen-bond donors (Lipinski definition) is 0. The molecule has 0 bridgehead atoms. The standard InChI is InChI=1S/C10H19NOS/c1-10(2,3)13(12)11-8-9-6-4-5-7-9/h8-9H,4-7H2,1-3H3. The molecule has 0 radical (unpaired) electrons. The highest BCUT2D eigenvalue weighted by Crippen LogP contribution is 2.23. The highest BCUT2D eigenvalue weighted by molar-refractivity contribution is 7.85. The zero-order valence-electron chi connectivity index (χ0n) is 8.75. The van der Waals surface area contributed by atoms with E-state index in [0.717, 1.165) is 0 Å². The third kappa shape index (κ3) is 3.59. The molecule has 76 valence electrons. The van der Waals surface area contributed by atoms with Gasteiger partial charge in [-0.25, -0.2) is 4.21 Å². The molecule has 0 aromatic carbocycles. The van der Waals surface area contributed by atoms with Crippen LogP contribution in [-0.4, -0.2) is 15.2 Å². The molecule has 0 aromatic heterocycles. The van der Waals surface area contributed by atoms with Crippen molar-refractivity contribution in [2.24, 2.45) is 10.3 Å². The molecule has 0 saturated heterocycles. The molecule has 1 rings (SSSR count). The Bertz CT molecular complexity index is 211. The van der Waals surface area contributed by atoms with E-state index in [2.05, 4.69) is 4.40 Å². The number of rotatable bonds is 2. The maximum Gasteiger partial charge on any atom is 0.144 e. The smallest absolute Gasteiger partial charge is 0.144 e. The fourth-order valence-corrected chi connectivity index (χ4v) is 2.00. The van der Waals surface area contributed by atoms with Crippen LogP contribution in [0.1, 0.15) is 46.5 Å². The fraction of sp³-hybridized carbons (Fsp3) is 0.900. The van der Waals surface area contributed by atoms with Gasteiger partial charge in [-0.3, -0.25) is 0 Å². The van der Waals surface area contributed by atoms with Gasteiger partial charge in [-0.15, -0.1) is 0 Å². The Morgan fingerprint density at radius 1 is 1.31 bits per heavy atom. The fourth-order valence-electron chi connectivity index (χ4n) is 1.41. The lowest BCUT2D eigenvalue weighted by Crippen LogP contribution is -2.20. The van der Waals surface area contributed by atoms with E-state index >= 15 is 0 Å². The van der Waals surface area contributed by atoms with Crippen molar-refractivity contribution in [3.05, 3.63) is 0 Å². The van der Waals surface area contributed by atoms with Crippen LogP contribution in [0.5, 0.6) is 0 Å². The number of nitrogens with zero attached hydrogens (tertiary/aromatic N) is 1. The van der Waals surface area contributed by atoms with Gasteiger partial charge < -0.3 is 0 Å². The summed E-state index contributed by atoms with van der Waals surface area (Å²) in [5.41, 5.74) is 0. The minimum Gasteiger partial charge on any atom is -0.234 e. The van der Waals surface area contributed by atoms with Crippen LogP contribution in [0.25, 0.3) is 0 Å². The average Bonchev–Trinajstić information content (AvgIpc) is 2.50. The van der Waals surface area contributed by atoms with Crippen LogP contribution >= 0.6 is 0 Å². The SMILES string of the molecule is CC(C)(C)S(=O)N=CC1CCCC1. The summed E-state index contributed by atoms with van der Waals surface area (Å²) in [6.07, 6.45) is 6.97. The van der Waals surface area contributed by atoms with Crippen molar-refractivity contribution in [1.82, 2.24) is 0 Å². The molecule has 0 N–H and O–H groups in total. The van der Waals surface area contributed by atoms with Crippen molar-refractivity contribution in [2.45, 2.75) is 51.2 Å². The normalized spacial score (nSPS) is 22.7. The zero-order chi connectivity index (χ0) is 9.90. The Hall–Kier alpha value is -0.180. The molecule has 1 saturated carbocycles. The Kier molecular flexibility index (Phi) is 3.65. The second kappa shape index (κ2) is 4.36. The van der Waals surface area contributed by atoms with Crippen molar-refractivity contribution in [1.29, 1.82) is 0 Å². The lowest BCUT2D eigenvalue weighted by Gasteiger charge is -2.13. The second-order valence-corrected chi connectivity index (χ2v) is 6.59. The molecule has 0 aromatic rings. The van der Waals surface area contributed by atoms with E-state index < -0.39 is 11.0 Å². The van der Waals surface area contributed by atoms with Crippen molar-refractivity contribution in [3.8, 4) is 0 Å². The third-order valence-electron chi connectivity index (χ3n) is 2.29. The Labute approximate surface area is 83.4 Å². The largest absolute Gasteiger partial charge is 0.234 e. The maximum atomic E-state index is 11.5. The second-order valence-electron chi connectivity index (χ2n) is 4.66. The van der Waals surface area contributed by atoms with Gasteiger partial charge in [0, 0.05) is 6.21 Å². The van der Waals surface area contributed by atoms with Crippen LogP contribution in [0, 0.1) is 5.92 Å². The summed E-state index contributed by atoms with van der Waals surface area (Å²) in [4.78, 5) is 0. The molecule has 1 aliphatic carbocycles. The summed E-state index contributed by atoms with van der Waals surface area (Å²) >= 11 is 0. The van der Waals surface area contributed by atoms with Crippen LogP contribution in [0.4, 0.5) is 0 Å². The Morgan fingerprint density at radius 3 is 2.31 bits per heavy atom. The quantitative estimate of drug-likeness (QED) is 0.632. The van der Waals surface area contributed by atoms with E-state index in [-0.39, 0.29) is 4.75 Å². The summed E-state index contributed by atoms with van der Waals surface area (Å²) < 4.78 is 15.4. The van der Waals surface area contributed by atoms with Gasteiger partial charge >= 0.3 is 0 Å². The van der Waals surface area contributed by atoms with E-state index in [1.165, 1.54) is 25.7 Å². The van der Waals surface area contributed by atoms with Crippen molar-refractivity contribution >= 4 is 17.2 Å². The van der Waals surface area contributed by atoms with Crippen molar-refractivity contribution in [2.75, 3.05) is 0 Å². The first-order valence-corrected chi connectivity index (χ1v) is 6.07. The summed E-state index contributed by atoms with van der Waals surface area (Å²) in [5, 5.41) is 0. The van der Waals surface area contributed by atoms with Gasteiger partial charge in [0.05, 0.1) is 4.75 Å². The predicted octanol–water partition coefficient (Wildman–Crippen LogP) is 2.71. The van der Waals surface area contributed by atoms with E-state index in [9.17, 15) is 4.21 Å². The van der Waals surface area contributed by atoms with Gasteiger partial charge in [0.25, 0.3) is 0 Å². The number of hydrogen-bond acceptors (Lipinski definition) is 1. The summed E-state index contributed by atoms with van der Waals surface area (Å²) in [6.45, 7) is 5.86.